The molecule has 2 N–H and O–H groups in total. The molecule has 0 unspecified atom stereocenters. The zero-order chi connectivity index (χ0) is 27.9. The Hall–Kier alpha value is -5.00. The molecule has 0 atom stereocenters. The quantitative estimate of drug-likeness (QED) is 0.169. The molecule has 0 saturated carbocycles. The normalized spacial score (nSPS) is 10.2. The Morgan fingerprint density at radius 1 is 0.605 bits per heavy atom. The van der Waals surface area contributed by atoms with E-state index >= 15 is 0 Å². The molecule has 191 valence electrons. The summed E-state index contributed by atoms with van der Waals surface area (Å²) in [4.78, 5) is 28.5. The van der Waals surface area contributed by atoms with Gasteiger partial charge in [0.2, 0.25) is 0 Å². The van der Waals surface area contributed by atoms with Crippen LogP contribution in [0.4, 0.5) is 22.7 Å². The van der Waals surface area contributed by atoms with E-state index in [1.807, 2.05) is 36.4 Å². The van der Waals surface area contributed by atoms with Crippen LogP contribution in [0.25, 0.3) is 0 Å². The predicted molar refractivity (Wildman–Crippen MR) is 138 cm³/mol. The number of nitrogens with zero attached hydrogens (tertiary/aromatic N) is 4. The number of hydrogen-bond donors (Lipinski definition) is 2. The standard InChI is InChI=1S/2C13H10N2O3.O.V/c2*16-13-7-6-12(15(17)18)8-10(13)9-14-11-4-2-1-3-5-11;;/h2*1-9,16H;;. The van der Waals surface area contributed by atoms with Crippen LogP contribution in [0.3, 0.4) is 0 Å². The summed E-state index contributed by atoms with van der Waals surface area (Å²) < 4.78 is 8.19. The third kappa shape index (κ3) is 9.23. The Morgan fingerprint density at radius 2 is 0.947 bits per heavy atom. The van der Waals surface area contributed by atoms with Gasteiger partial charge in [-0.1, -0.05) is 36.4 Å². The van der Waals surface area contributed by atoms with Crippen molar-refractivity contribution in [3.05, 3.63) is 128 Å². The zero-order valence-electron chi connectivity index (χ0n) is 19.6. The van der Waals surface area contributed by atoms with Crippen LogP contribution in [0, 0.1) is 20.2 Å². The Labute approximate surface area is 226 Å². The Bertz CT molecular complexity index is 1320. The summed E-state index contributed by atoms with van der Waals surface area (Å²) in [6.07, 6.45) is 2.80. The van der Waals surface area contributed by atoms with Crippen LogP contribution in [0.5, 0.6) is 11.5 Å². The molecular formula is C26H20N4O7V. The number of nitro benzene ring substituents is 2. The fraction of sp³-hybridized carbons (Fsp3) is 0. The molecule has 0 aromatic heterocycles. The number of rotatable bonds is 6. The molecule has 0 aliphatic heterocycles. The third-order valence-electron chi connectivity index (χ3n) is 4.66. The zero-order valence-corrected chi connectivity index (χ0v) is 21.0. The summed E-state index contributed by atoms with van der Waals surface area (Å²) in [5.74, 6) is -0.0828. The molecule has 0 fully saturated rings. The summed E-state index contributed by atoms with van der Waals surface area (Å²) >= 11 is 1.06. The number of nitro groups is 2. The molecule has 0 bridgehead atoms. The summed E-state index contributed by atoms with van der Waals surface area (Å²) in [5.41, 5.74) is 1.89. The van der Waals surface area contributed by atoms with Gasteiger partial charge in [0.25, 0.3) is 11.4 Å². The Kier molecular flexibility index (Phi) is 11.7. The first-order chi connectivity index (χ1) is 18.3. The summed E-state index contributed by atoms with van der Waals surface area (Å²) in [6.45, 7) is 0. The number of phenols is 2. The average molecular weight is 551 g/mol. The number of phenolic OH excluding ortho intramolecular Hbond substituents is 2. The molecule has 0 radical (unpaired) electrons. The van der Waals surface area contributed by atoms with E-state index in [-0.39, 0.29) is 22.9 Å². The number of aromatic hydroxyl groups is 2. The molecule has 12 heteroatoms. The molecule has 4 aromatic rings. The summed E-state index contributed by atoms with van der Waals surface area (Å²) in [5, 5.41) is 40.4. The minimum absolute atomic E-state index is 0.0414. The van der Waals surface area contributed by atoms with E-state index in [1.54, 1.807) is 24.3 Å². The molecule has 4 rings (SSSR count). The van der Waals surface area contributed by atoms with Crippen LogP contribution >= 0.6 is 0 Å². The van der Waals surface area contributed by atoms with Gasteiger partial charge in [-0.25, -0.2) is 0 Å². The van der Waals surface area contributed by atoms with Crippen LogP contribution in [-0.2, 0) is 21.0 Å². The van der Waals surface area contributed by atoms with Crippen molar-refractivity contribution in [3.8, 4) is 11.5 Å². The van der Waals surface area contributed by atoms with Crippen LogP contribution in [0.1, 0.15) is 11.1 Å². The second-order valence-corrected chi connectivity index (χ2v) is 7.19. The monoisotopic (exact) mass is 551 g/mol. The van der Waals surface area contributed by atoms with E-state index in [9.17, 15) is 30.4 Å². The minimum atomic E-state index is -0.515. The van der Waals surface area contributed by atoms with Gasteiger partial charge in [-0.3, -0.25) is 30.2 Å². The van der Waals surface area contributed by atoms with Crippen LogP contribution in [0.15, 0.2) is 107 Å². The number of para-hydroxylation sites is 2. The second-order valence-electron chi connectivity index (χ2n) is 7.19. The van der Waals surface area contributed by atoms with E-state index in [1.165, 1.54) is 48.8 Å². The molecule has 0 spiro atoms. The molecule has 0 heterocycles. The van der Waals surface area contributed by atoms with Crippen molar-refractivity contribution in [2.24, 2.45) is 9.98 Å². The molecule has 38 heavy (non-hydrogen) atoms. The fourth-order valence-corrected chi connectivity index (χ4v) is 2.83. The van der Waals surface area contributed by atoms with Gasteiger partial charge in [-0.05, 0) is 36.4 Å². The molecule has 0 amide bonds. The Balaban J connectivity index is 0.000000251. The van der Waals surface area contributed by atoms with Crippen molar-refractivity contribution in [1.82, 2.24) is 0 Å². The van der Waals surface area contributed by atoms with Crippen molar-refractivity contribution in [2.75, 3.05) is 0 Å². The van der Waals surface area contributed by atoms with E-state index in [4.69, 9.17) is 3.67 Å². The molecule has 0 saturated heterocycles. The van der Waals surface area contributed by atoms with Crippen molar-refractivity contribution in [2.45, 2.75) is 0 Å². The van der Waals surface area contributed by atoms with E-state index < -0.39 is 9.85 Å². The van der Waals surface area contributed by atoms with Gasteiger partial charge in [-0.15, -0.1) is 0 Å². The van der Waals surface area contributed by atoms with Crippen molar-refractivity contribution in [1.29, 1.82) is 0 Å². The van der Waals surface area contributed by atoms with Gasteiger partial charge in [0.1, 0.15) is 11.5 Å². The van der Waals surface area contributed by atoms with Crippen LogP contribution < -0.4 is 0 Å². The van der Waals surface area contributed by atoms with Crippen molar-refractivity contribution >= 4 is 35.2 Å². The molecule has 0 aliphatic rings. The molecule has 0 aliphatic carbocycles. The third-order valence-corrected chi connectivity index (χ3v) is 4.66. The Morgan fingerprint density at radius 3 is 1.26 bits per heavy atom. The van der Waals surface area contributed by atoms with Gasteiger partial charge >= 0.3 is 21.0 Å². The van der Waals surface area contributed by atoms with Gasteiger partial charge in [-0.2, -0.15) is 0 Å². The number of non-ortho nitro benzene ring substituents is 2. The predicted octanol–water partition coefficient (Wildman–Crippen LogP) is 5.98. The number of benzene rings is 4. The number of hydrogen-bond acceptors (Lipinski definition) is 9. The summed E-state index contributed by atoms with van der Waals surface area (Å²) in [7, 11) is 0. The SMILES string of the molecule is O=[N+]([O-])c1ccc(O)c(C=Nc2ccccc2)c1.O=[N+]([O-])c1ccc(O)c(C=Nc2ccccc2)c1.[O]=[V]. The van der Waals surface area contributed by atoms with Crippen molar-refractivity contribution in [3.63, 3.8) is 0 Å². The van der Waals surface area contributed by atoms with Gasteiger partial charge < -0.3 is 10.2 Å². The number of aliphatic imine (C=N–C) groups is 2. The maximum absolute atomic E-state index is 10.6. The van der Waals surface area contributed by atoms with E-state index in [0.29, 0.717) is 22.5 Å². The van der Waals surface area contributed by atoms with Crippen LogP contribution in [0.2, 0.25) is 0 Å². The van der Waals surface area contributed by atoms with E-state index in [0.717, 1.165) is 17.4 Å². The molecule has 4 aromatic carbocycles. The van der Waals surface area contributed by atoms with Gasteiger partial charge in [0.05, 0.1) is 21.2 Å². The summed E-state index contributed by atoms with van der Waals surface area (Å²) in [6, 6.07) is 25.9. The first-order valence-corrected chi connectivity index (χ1v) is 11.2. The first-order valence-electron chi connectivity index (χ1n) is 10.6. The fourth-order valence-electron chi connectivity index (χ4n) is 2.83. The van der Waals surface area contributed by atoms with Crippen molar-refractivity contribution < 1.29 is 41.1 Å². The topological polar surface area (TPSA) is 169 Å². The second kappa shape index (κ2) is 15.2. The molecule has 11 nitrogen and oxygen atoms in total. The van der Waals surface area contributed by atoms with Gasteiger partial charge in [0.15, 0.2) is 0 Å². The van der Waals surface area contributed by atoms with E-state index in [2.05, 4.69) is 9.98 Å². The first kappa shape index (κ1) is 29.2. The van der Waals surface area contributed by atoms with Gasteiger partial charge in [0, 0.05) is 47.8 Å². The molecular weight excluding hydrogens is 531 g/mol. The average Bonchev–Trinajstić information content (AvgIpc) is 2.94. The maximum atomic E-state index is 10.6. The van der Waals surface area contributed by atoms with Crippen LogP contribution in [-0.4, -0.2) is 32.5 Å².